The number of amides is 1. The number of nitrogens with one attached hydrogen (secondary N) is 2. The van der Waals surface area contributed by atoms with E-state index in [1.54, 1.807) is 0 Å². The Kier molecular flexibility index (Phi) is 5.29. The first-order chi connectivity index (χ1) is 12.4. The van der Waals surface area contributed by atoms with E-state index in [1.165, 1.54) is 32.2 Å². The van der Waals surface area contributed by atoms with Crippen molar-refractivity contribution in [3.8, 4) is 5.75 Å². The molecule has 26 heavy (non-hydrogen) atoms. The minimum atomic E-state index is -3.75. The molecule has 1 fully saturated rings. The van der Waals surface area contributed by atoms with Crippen LogP contribution in [0.15, 0.2) is 53.4 Å². The fourth-order valence-electron chi connectivity index (χ4n) is 2.90. The van der Waals surface area contributed by atoms with Gasteiger partial charge in [0.15, 0.2) is 0 Å². The smallest absolute Gasteiger partial charge is 0.241 e. The summed E-state index contributed by atoms with van der Waals surface area (Å²) < 4.78 is 33.8. The molecule has 138 valence electrons. The molecule has 7 heteroatoms. The zero-order valence-corrected chi connectivity index (χ0v) is 15.5. The van der Waals surface area contributed by atoms with Crippen molar-refractivity contribution in [2.24, 2.45) is 5.92 Å². The number of ether oxygens (including phenoxy) is 1. The highest BCUT2D eigenvalue weighted by molar-refractivity contribution is 7.89. The summed E-state index contributed by atoms with van der Waals surface area (Å²) >= 11 is 0. The largest absolute Gasteiger partial charge is 0.495 e. The van der Waals surface area contributed by atoms with Gasteiger partial charge < -0.3 is 10.1 Å². The van der Waals surface area contributed by atoms with Crippen LogP contribution in [0.1, 0.15) is 31.4 Å². The molecule has 1 aliphatic carbocycles. The molecule has 3 rings (SSSR count). The van der Waals surface area contributed by atoms with Crippen molar-refractivity contribution in [2.75, 3.05) is 12.4 Å². The summed E-state index contributed by atoms with van der Waals surface area (Å²) in [7, 11) is -2.29. The minimum Gasteiger partial charge on any atom is -0.495 e. The molecule has 0 heterocycles. The number of carbonyl (C=O) groups excluding carboxylic acids is 1. The van der Waals surface area contributed by atoms with E-state index in [1.807, 2.05) is 30.3 Å². The number of anilines is 1. The maximum absolute atomic E-state index is 12.9. The molecule has 0 bridgehead atoms. The van der Waals surface area contributed by atoms with E-state index >= 15 is 0 Å². The van der Waals surface area contributed by atoms with E-state index in [0.29, 0.717) is 17.4 Å². The molecule has 1 saturated carbocycles. The number of sulfonamides is 1. The lowest BCUT2D eigenvalue weighted by Gasteiger charge is -2.19. The second-order valence-electron chi connectivity index (χ2n) is 6.39. The van der Waals surface area contributed by atoms with E-state index in [4.69, 9.17) is 4.74 Å². The van der Waals surface area contributed by atoms with Gasteiger partial charge in [0.1, 0.15) is 5.75 Å². The highest BCUT2D eigenvalue weighted by atomic mass is 32.2. The van der Waals surface area contributed by atoms with Gasteiger partial charge in [-0.2, -0.15) is 0 Å². The van der Waals surface area contributed by atoms with Gasteiger partial charge in [0.25, 0.3) is 0 Å². The Morgan fingerprint density at radius 3 is 2.42 bits per heavy atom. The summed E-state index contributed by atoms with van der Waals surface area (Å²) in [6, 6.07) is 13.7. The van der Waals surface area contributed by atoms with E-state index in [-0.39, 0.29) is 16.8 Å². The molecule has 0 radical (unpaired) electrons. The average Bonchev–Trinajstić information content (AvgIpc) is 3.45. The van der Waals surface area contributed by atoms with Crippen LogP contribution in [0.4, 0.5) is 5.69 Å². The fraction of sp³-hybridized carbons (Fsp3) is 0.316. The van der Waals surface area contributed by atoms with Crippen LogP contribution in [0.3, 0.4) is 0 Å². The summed E-state index contributed by atoms with van der Waals surface area (Å²) in [5.74, 6) is 0.409. The molecule has 1 atom stereocenters. The minimum absolute atomic E-state index is 0.0867. The van der Waals surface area contributed by atoms with Crippen LogP contribution in [0, 0.1) is 5.92 Å². The molecule has 2 aromatic rings. The van der Waals surface area contributed by atoms with E-state index in [0.717, 1.165) is 18.4 Å². The molecule has 6 nitrogen and oxygen atoms in total. The molecule has 2 N–H and O–H groups in total. The van der Waals surface area contributed by atoms with E-state index < -0.39 is 10.0 Å². The number of hydrogen-bond donors (Lipinski definition) is 2. The third kappa shape index (κ3) is 4.23. The summed E-state index contributed by atoms with van der Waals surface area (Å²) in [6.45, 7) is 1.36. The van der Waals surface area contributed by atoms with E-state index in [9.17, 15) is 13.2 Å². The molecular formula is C19H22N2O4S. The Labute approximate surface area is 153 Å². The van der Waals surface area contributed by atoms with Crippen molar-refractivity contribution >= 4 is 21.6 Å². The van der Waals surface area contributed by atoms with Crippen molar-refractivity contribution in [1.82, 2.24) is 4.72 Å². The maximum atomic E-state index is 12.9. The molecule has 1 aliphatic rings. The van der Waals surface area contributed by atoms with Crippen molar-refractivity contribution in [2.45, 2.75) is 30.7 Å². The zero-order valence-electron chi connectivity index (χ0n) is 14.7. The van der Waals surface area contributed by atoms with Crippen LogP contribution in [0.5, 0.6) is 5.75 Å². The summed E-state index contributed by atoms with van der Waals surface area (Å²) in [6.07, 6.45) is 2.00. The third-order valence-corrected chi connectivity index (χ3v) is 5.76. The van der Waals surface area contributed by atoms with Crippen LogP contribution in [0.25, 0.3) is 0 Å². The Hall–Kier alpha value is -2.38. The summed E-state index contributed by atoms with van der Waals surface area (Å²) in [5, 5.41) is 2.60. The third-order valence-electron chi connectivity index (χ3n) is 4.33. The van der Waals surface area contributed by atoms with Crippen molar-refractivity contribution in [3.05, 3.63) is 54.1 Å². The molecule has 2 aromatic carbocycles. The molecular weight excluding hydrogens is 352 g/mol. The number of methoxy groups -OCH3 is 1. The molecule has 0 saturated heterocycles. The Bertz CT molecular complexity index is 893. The van der Waals surface area contributed by atoms with Crippen LogP contribution >= 0.6 is 0 Å². The second-order valence-corrected chi connectivity index (χ2v) is 8.10. The van der Waals surface area contributed by atoms with Gasteiger partial charge in [-0.3, -0.25) is 4.79 Å². The van der Waals surface area contributed by atoms with Crippen molar-refractivity contribution in [1.29, 1.82) is 0 Å². The van der Waals surface area contributed by atoms with E-state index in [2.05, 4.69) is 10.0 Å². The van der Waals surface area contributed by atoms with Crippen LogP contribution in [-0.2, 0) is 14.8 Å². The second kappa shape index (κ2) is 7.47. The van der Waals surface area contributed by atoms with Crippen molar-refractivity contribution < 1.29 is 17.9 Å². The van der Waals surface area contributed by atoms with Gasteiger partial charge in [0.05, 0.1) is 17.7 Å². The van der Waals surface area contributed by atoms with Gasteiger partial charge in [-0.05, 0) is 42.5 Å². The number of benzene rings is 2. The lowest BCUT2D eigenvalue weighted by atomic mass is 10.0. The zero-order chi connectivity index (χ0) is 18.7. The molecule has 0 aliphatic heterocycles. The predicted molar refractivity (Wildman–Crippen MR) is 99.5 cm³/mol. The Balaban J connectivity index is 1.91. The summed E-state index contributed by atoms with van der Waals surface area (Å²) in [5.41, 5.74) is 1.28. The van der Waals surface area contributed by atoms with Gasteiger partial charge in [-0.1, -0.05) is 30.3 Å². The quantitative estimate of drug-likeness (QED) is 0.780. The van der Waals surface area contributed by atoms with Crippen LogP contribution in [0.2, 0.25) is 0 Å². The lowest BCUT2D eigenvalue weighted by Crippen LogP contribution is -2.30. The first-order valence-electron chi connectivity index (χ1n) is 8.43. The highest BCUT2D eigenvalue weighted by Gasteiger charge is 2.35. The fourth-order valence-corrected chi connectivity index (χ4v) is 4.22. The van der Waals surface area contributed by atoms with Crippen molar-refractivity contribution in [3.63, 3.8) is 0 Å². The molecule has 0 aromatic heterocycles. The van der Waals surface area contributed by atoms with Gasteiger partial charge in [-0.15, -0.1) is 0 Å². The molecule has 0 spiro atoms. The monoisotopic (exact) mass is 374 g/mol. The van der Waals surface area contributed by atoms with Crippen LogP contribution in [-0.4, -0.2) is 21.4 Å². The first kappa shape index (κ1) is 18.4. The maximum Gasteiger partial charge on any atom is 0.241 e. The van der Waals surface area contributed by atoms with Gasteiger partial charge >= 0.3 is 0 Å². The summed E-state index contributed by atoms with van der Waals surface area (Å²) in [4.78, 5) is 11.5. The Morgan fingerprint density at radius 2 is 1.85 bits per heavy atom. The first-order valence-corrected chi connectivity index (χ1v) is 9.92. The number of carbonyl (C=O) groups is 1. The number of rotatable bonds is 7. The normalized spacial score (nSPS) is 15.3. The topological polar surface area (TPSA) is 84.5 Å². The number of hydrogen-bond acceptors (Lipinski definition) is 4. The molecule has 1 amide bonds. The van der Waals surface area contributed by atoms with Gasteiger partial charge in [0.2, 0.25) is 15.9 Å². The standard InChI is InChI=1S/C19H22N2O4S/c1-13(22)20-17-12-16(10-11-18(17)25-2)26(23,24)21-19(15-8-9-15)14-6-4-3-5-7-14/h3-7,10-12,15,19,21H,8-9H2,1-2H3,(H,20,22). The lowest BCUT2D eigenvalue weighted by molar-refractivity contribution is -0.114. The van der Waals surface area contributed by atoms with Crippen LogP contribution < -0.4 is 14.8 Å². The molecule has 1 unspecified atom stereocenters. The van der Waals surface area contributed by atoms with Gasteiger partial charge in [0, 0.05) is 13.0 Å². The predicted octanol–water partition coefficient (Wildman–Crippen LogP) is 3.08. The average molecular weight is 374 g/mol. The highest BCUT2D eigenvalue weighted by Crippen LogP contribution is 2.42. The Morgan fingerprint density at radius 1 is 1.15 bits per heavy atom. The van der Waals surface area contributed by atoms with Gasteiger partial charge in [-0.25, -0.2) is 13.1 Å². The SMILES string of the molecule is COc1ccc(S(=O)(=O)NC(c2ccccc2)C2CC2)cc1NC(C)=O.